The molecule has 1 amide bonds. The Hall–Kier alpha value is -3.04. The molecule has 3 heterocycles. The molecule has 34 heavy (non-hydrogen) atoms. The molecule has 3 aromatic rings. The van der Waals surface area contributed by atoms with Crippen molar-refractivity contribution in [1.29, 1.82) is 0 Å². The summed E-state index contributed by atoms with van der Waals surface area (Å²) in [5, 5.41) is 3.91. The largest absolute Gasteiger partial charge is 0.339 e. The fraction of sp³-hybridized carbons (Fsp3) is 0.400. The van der Waals surface area contributed by atoms with Crippen LogP contribution in [-0.4, -0.2) is 53.3 Å². The molecule has 8 nitrogen and oxygen atoms in total. The molecule has 0 spiro atoms. The minimum Gasteiger partial charge on any atom is -0.339 e. The van der Waals surface area contributed by atoms with E-state index in [9.17, 15) is 13.2 Å². The van der Waals surface area contributed by atoms with E-state index in [4.69, 9.17) is 4.52 Å². The van der Waals surface area contributed by atoms with Gasteiger partial charge in [-0.05, 0) is 48.9 Å². The maximum atomic E-state index is 13.6. The third-order valence-corrected chi connectivity index (χ3v) is 8.77. The summed E-state index contributed by atoms with van der Waals surface area (Å²) in [5.74, 6) is 0.475. The van der Waals surface area contributed by atoms with E-state index < -0.39 is 10.0 Å². The van der Waals surface area contributed by atoms with Gasteiger partial charge in [0.1, 0.15) is 0 Å². The Morgan fingerprint density at radius 3 is 2.65 bits per heavy atom. The van der Waals surface area contributed by atoms with Crippen LogP contribution in [0.3, 0.4) is 0 Å². The highest BCUT2D eigenvalue weighted by Crippen LogP contribution is 2.30. The van der Waals surface area contributed by atoms with Gasteiger partial charge in [0, 0.05) is 38.7 Å². The average molecular weight is 481 g/mol. The van der Waals surface area contributed by atoms with E-state index in [0.717, 1.165) is 6.42 Å². The first-order valence-electron chi connectivity index (χ1n) is 11.6. The Labute approximate surface area is 199 Å². The lowest BCUT2D eigenvalue weighted by molar-refractivity contribution is -0.137. The third kappa shape index (κ3) is 4.25. The van der Waals surface area contributed by atoms with Crippen molar-refractivity contribution in [2.24, 2.45) is 5.92 Å². The summed E-state index contributed by atoms with van der Waals surface area (Å²) in [6, 6.07) is 13.3. The molecule has 0 unspecified atom stereocenters. The Balaban J connectivity index is 1.36. The number of hydrogen-bond acceptors (Lipinski definition) is 6. The number of aromatic nitrogens is 2. The molecule has 1 atom stereocenters. The molecule has 0 aliphatic carbocycles. The highest BCUT2D eigenvalue weighted by molar-refractivity contribution is 7.89. The van der Waals surface area contributed by atoms with Crippen LogP contribution in [0.1, 0.15) is 35.4 Å². The smallest absolute Gasteiger partial charge is 0.243 e. The highest BCUT2D eigenvalue weighted by atomic mass is 32.2. The van der Waals surface area contributed by atoms with Crippen molar-refractivity contribution < 1.29 is 17.7 Å². The Morgan fingerprint density at radius 2 is 1.88 bits per heavy atom. The van der Waals surface area contributed by atoms with Crippen molar-refractivity contribution in [2.45, 2.75) is 44.6 Å². The molecular weight excluding hydrogens is 452 g/mol. The molecule has 2 aliphatic heterocycles. The van der Waals surface area contributed by atoms with Gasteiger partial charge >= 0.3 is 0 Å². The average Bonchev–Trinajstić information content (AvgIpc) is 3.29. The van der Waals surface area contributed by atoms with Crippen LogP contribution in [0.2, 0.25) is 0 Å². The van der Waals surface area contributed by atoms with Crippen LogP contribution in [0.5, 0.6) is 0 Å². The number of piperidine rings is 1. The topological polar surface area (TPSA) is 96.6 Å². The molecule has 1 fully saturated rings. The minimum atomic E-state index is -3.79. The van der Waals surface area contributed by atoms with Gasteiger partial charge in [0.25, 0.3) is 0 Å². The van der Waals surface area contributed by atoms with Crippen LogP contribution in [0.25, 0.3) is 11.4 Å². The van der Waals surface area contributed by atoms with Gasteiger partial charge in [-0.15, -0.1) is 0 Å². The van der Waals surface area contributed by atoms with E-state index in [1.807, 2.05) is 17.0 Å². The summed E-state index contributed by atoms with van der Waals surface area (Å²) in [6.07, 6.45) is 2.19. The predicted molar refractivity (Wildman–Crippen MR) is 126 cm³/mol. The summed E-state index contributed by atoms with van der Waals surface area (Å²) in [7, 11) is -3.79. The maximum absolute atomic E-state index is 13.6. The molecule has 5 rings (SSSR count). The van der Waals surface area contributed by atoms with Gasteiger partial charge in [-0.1, -0.05) is 41.6 Å². The summed E-state index contributed by atoms with van der Waals surface area (Å²) in [5.41, 5.74) is 3.68. The molecule has 2 aromatic carbocycles. The fourth-order valence-electron chi connectivity index (χ4n) is 4.88. The number of carbonyl (C=O) groups excluding carboxylic acids is 1. The van der Waals surface area contributed by atoms with E-state index in [2.05, 4.69) is 22.3 Å². The lowest BCUT2D eigenvalue weighted by atomic mass is 9.95. The van der Waals surface area contributed by atoms with Gasteiger partial charge in [0.2, 0.25) is 27.6 Å². The number of rotatable bonds is 4. The van der Waals surface area contributed by atoms with Crippen molar-refractivity contribution in [1.82, 2.24) is 19.3 Å². The first kappa shape index (κ1) is 22.7. The van der Waals surface area contributed by atoms with E-state index in [1.54, 1.807) is 32.0 Å². The highest BCUT2D eigenvalue weighted by Gasteiger charge is 2.36. The lowest BCUT2D eigenvalue weighted by Gasteiger charge is -2.36. The Bertz CT molecular complexity index is 1330. The zero-order valence-electron chi connectivity index (χ0n) is 19.4. The van der Waals surface area contributed by atoms with Crippen LogP contribution in [0, 0.1) is 19.8 Å². The van der Waals surface area contributed by atoms with Gasteiger partial charge in [-0.25, -0.2) is 8.42 Å². The number of hydrogen-bond donors (Lipinski definition) is 0. The molecule has 0 radical (unpaired) electrons. The summed E-state index contributed by atoms with van der Waals surface area (Å²) in [6.45, 7) is 5.32. The molecule has 2 aliphatic rings. The number of aryl methyl sites for hydroxylation is 2. The van der Waals surface area contributed by atoms with Gasteiger partial charge in [0.15, 0.2) is 0 Å². The number of amides is 1. The summed E-state index contributed by atoms with van der Waals surface area (Å²) >= 11 is 0. The van der Waals surface area contributed by atoms with E-state index in [-0.39, 0.29) is 23.3 Å². The monoisotopic (exact) mass is 480 g/mol. The standard InChI is InChI=1S/C25H28N4O4S/c1-17-9-10-20(24-26-18(2)33-27-24)14-23(17)34(31,32)29-12-5-8-22(16-29)25(30)28-13-11-19-6-3-4-7-21(19)15-28/h3-4,6-7,9-10,14,22H,5,8,11-13,15-16H2,1-2H3/t22-/m0/s1. The van der Waals surface area contributed by atoms with Crippen molar-refractivity contribution in [3.05, 3.63) is 65.0 Å². The van der Waals surface area contributed by atoms with Crippen molar-refractivity contribution in [2.75, 3.05) is 19.6 Å². The quantitative estimate of drug-likeness (QED) is 0.568. The van der Waals surface area contributed by atoms with E-state index in [1.165, 1.54) is 15.4 Å². The molecule has 0 bridgehead atoms. The maximum Gasteiger partial charge on any atom is 0.243 e. The molecule has 1 aromatic heterocycles. The summed E-state index contributed by atoms with van der Waals surface area (Å²) < 4.78 is 33.8. The summed E-state index contributed by atoms with van der Waals surface area (Å²) in [4.78, 5) is 19.7. The lowest BCUT2D eigenvalue weighted by Crippen LogP contribution is -2.47. The number of nitrogens with zero attached hydrogens (tertiary/aromatic N) is 4. The fourth-order valence-corrected chi connectivity index (χ4v) is 6.65. The Morgan fingerprint density at radius 1 is 1.09 bits per heavy atom. The van der Waals surface area contributed by atoms with E-state index >= 15 is 0 Å². The number of fused-ring (bicyclic) bond motifs is 1. The second-order valence-electron chi connectivity index (χ2n) is 9.10. The van der Waals surface area contributed by atoms with Crippen LogP contribution < -0.4 is 0 Å². The van der Waals surface area contributed by atoms with Crippen molar-refractivity contribution >= 4 is 15.9 Å². The van der Waals surface area contributed by atoms with Gasteiger partial charge in [0.05, 0.1) is 10.8 Å². The molecule has 1 saturated heterocycles. The molecule has 0 N–H and O–H groups in total. The molecule has 0 saturated carbocycles. The number of benzene rings is 2. The molecular formula is C25H28N4O4S. The predicted octanol–water partition coefficient (Wildman–Crippen LogP) is 3.34. The molecule has 178 valence electrons. The van der Waals surface area contributed by atoms with Crippen molar-refractivity contribution in [3.63, 3.8) is 0 Å². The van der Waals surface area contributed by atoms with Crippen LogP contribution >= 0.6 is 0 Å². The van der Waals surface area contributed by atoms with E-state index in [0.29, 0.717) is 55.3 Å². The zero-order valence-corrected chi connectivity index (χ0v) is 20.2. The minimum absolute atomic E-state index is 0.0437. The second kappa shape index (κ2) is 8.96. The molecule has 9 heteroatoms. The zero-order chi connectivity index (χ0) is 23.9. The third-order valence-electron chi connectivity index (χ3n) is 6.77. The van der Waals surface area contributed by atoms with Crippen molar-refractivity contribution in [3.8, 4) is 11.4 Å². The van der Waals surface area contributed by atoms with Crippen LogP contribution in [-0.2, 0) is 27.8 Å². The first-order chi connectivity index (χ1) is 16.3. The van der Waals surface area contributed by atoms with Crippen LogP contribution in [0.4, 0.5) is 0 Å². The number of carbonyl (C=O) groups is 1. The van der Waals surface area contributed by atoms with Gasteiger partial charge < -0.3 is 9.42 Å². The van der Waals surface area contributed by atoms with Gasteiger partial charge in [-0.2, -0.15) is 9.29 Å². The SMILES string of the molecule is Cc1nc(-c2ccc(C)c(S(=O)(=O)N3CCC[C@H](C(=O)N4CCc5ccccc5C4)C3)c2)no1. The van der Waals surface area contributed by atoms with Gasteiger partial charge in [-0.3, -0.25) is 4.79 Å². The first-order valence-corrected chi connectivity index (χ1v) is 13.0. The Kier molecular flexibility index (Phi) is 5.99. The normalized spacial score (nSPS) is 19.1. The number of sulfonamides is 1. The second-order valence-corrected chi connectivity index (χ2v) is 11.0. The van der Waals surface area contributed by atoms with Crippen LogP contribution in [0.15, 0.2) is 51.9 Å².